The Morgan fingerprint density at radius 2 is 1.53 bits per heavy atom. The second-order valence-electron chi connectivity index (χ2n) is 15.1. The van der Waals surface area contributed by atoms with Crippen molar-refractivity contribution in [3.8, 4) is 0 Å². The first-order valence-corrected chi connectivity index (χ1v) is 20.3. The topological polar surface area (TPSA) is 158 Å². The number of urea groups is 1. The Bertz CT molecular complexity index is 1830. The summed E-state index contributed by atoms with van der Waals surface area (Å²) in [6, 6.07) is 9.56. The fourth-order valence-electron chi connectivity index (χ4n) is 8.31. The van der Waals surface area contributed by atoms with Gasteiger partial charge in [0.25, 0.3) is 5.91 Å². The van der Waals surface area contributed by atoms with Crippen molar-refractivity contribution >= 4 is 52.9 Å². The lowest BCUT2D eigenvalue weighted by Crippen LogP contribution is -2.57. The SMILES string of the molecule is CCOC(=O)CCC(=O)N1CCC(N2CCN(C(=O)[C@@H](Cc3cc(Cl)c(N)c(C(F)(F)F)c3)OC(=O)N3CCC(N4CCc5ccccc5NC4=O)CC3)CC2)CC1. The fourth-order valence-corrected chi connectivity index (χ4v) is 8.55. The maximum atomic E-state index is 14.1. The van der Waals surface area contributed by atoms with E-state index in [9.17, 15) is 37.1 Å². The Balaban J connectivity index is 1.07. The maximum Gasteiger partial charge on any atom is 0.418 e. The Morgan fingerprint density at radius 3 is 2.21 bits per heavy atom. The third-order valence-electron chi connectivity index (χ3n) is 11.5. The van der Waals surface area contributed by atoms with E-state index in [1.807, 2.05) is 24.3 Å². The summed E-state index contributed by atoms with van der Waals surface area (Å²) in [5.74, 6) is -1.02. The standard InChI is InChI=1S/C40H51ClF3N7O7/c1-2-57-35(53)8-7-34(52)48-14-10-28(11-15-48)47-19-21-49(22-20-47)37(54)33(25-26-23-30(40(42,43)44)36(45)31(41)24-26)58-39(56)50-16-12-29(13-17-50)51-18-9-27-5-3-4-6-32(27)46-38(51)55/h3-6,23-24,28-29,33H,2,7-22,25,45H2,1H3,(H,46,55)/t33-/m1/s1. The van der Waals surface area contributed by atoms with Crippen LogP contribution < -0.4 is 11.1 Å². The zero-order valence-corrected chi connectivity index (χ0v) is 33.4. The number of esters is 1. The van der Waals surface area contributed by atoms with Gasteiger partial charge in [-0.15, -0.1) is 0 Å². The van der Waals surface area contributed by atoms with Crippen LogP contribution in [0.15, 0.2) is 36.4 Å². The van der Waals surface area contributed by atoms with Crippen molar-refractivity contribution < 1.29 is 46.6 Å². The van der Waals surface area contributed by atoms with E-state index in [-0.39, 0.29) is 73.6 Å². The number of nitrogens with two attached hydrogens (primary N) is 1. The van der Waals surface area contributed by atoms with Crippen LogP contribution in [0, 0.1) is 0 Å². The van der Waals surface area contributed by atoms with E-state index in [4.69, 9.17) is 26.8 Å². The van der Waals surface area contributed by atoms with Crippen molar-refractivity contribution in [1.29, 1.82) is 0 Å². The third kappa shape index (κ3) is 10.4. The molecule has 2 aromatic carbocycles. The Morgan fingerprint density at radius 1 is 0.879 bits per heavy atom. The van der Waals surface area contributed by atoms with Gasteiger partial charge in [-0.05, 0) is 68.4 Å². The molecular formula is C40H51ClF3N7O7. The van der Waals surface area contributed by atoms with Gasteiger partial charge >= 0.3 is 24.3 Å². The molecule has 4 heterocycles. The molecule has 58 heavy (non-hydrogen) atoms. The number of piperidine rings is 2. The van der Waals surface area contributed by atoms with Gasteiger partial charge < -0.3 is 40.1 Å². The molecule has 3 N–H and O–H groups in total. The average Bonchev–Trinajstić information content (AvgIpc) is 3.38. The van der Waals surface area contributed by atoms with Gasteiger partial charge in [-0.25, -0.2) is 9.59 Å². The molecule has 2 aromatic rings. The Kier molecular flexibility index (Phi) is 13.9. The number of amides is 5. The van der Waals surface area contributed by atoms with Crippen molar-refractivity contribution in [2.24, 2.45) is 0 Å². The number of benzene rings is 2. The molecule has 3 saturated heterocycles. The van der Waals surface area contributed by atoms with Crippen LogP contribution in [-0.2, 0) is 42.9 Å². The molecule has 4 aliphatic heterocycles. The number of carbonyl (C=O) groups excluding carboxylic acids is 5. The monoisotopic (exact) mass is 833 g/mol. The van der Waals surface area contributed by atoms with Crippen molar-refractivity contribution in [3.63, 3.8) is 0 Å². The van der Waals surface area contributed by atoms with Crippen LogP contribution in [0.4, 0.5) is 34.1 Å². The van der Waals surface area contributed by atoms with E-state index >= 15 is 0 Å². The van der Waals surface area contributed by atoms with Gasteiger partial charge in [-0.3, -0.25) is 19.3 Å². The number of piperazine rings is 1. The van der Waals surface area contributed by atoms with E-state index < -0.39 is 41.5 Å². The molecule has 18 heteroatoms. The molecule has 0 aromatic heterocycles. The molecule has 0 aliphatic carbocycles. The zero-order valence-electron chi connectivity index (χ0n) is 32.6. The van der Waals surface area contributed by atoms with Crippen LogP contribution in [0.3, 0.4) is 0 Å². The molecule has 0 radical (unpaired) electrons. The number of rotatable bonds is 10. The Labute approximate surface area is 340 Å². The predicted molar refractivity (Wildman–Crippen MR) is 209 cm³/mol. The van der Waals surface area contributed by atoms with Crippen LogP contribution in [0.1, 0.15) is 62.1 Å². The fraction of sp³-hybridized carbons (Fsp3) is 0.575. The number of para-hydroxylation sites is 1. The molecule has 0 unspecified atom stereocenters. The minimum atomic E-state index is -4.81. The number of nitrogens with zero attached hydrogens (tertiary/aromatic N) is 5. The van der Waals surface area contributed by atoms with E-state index in [0.29, 0.717) is 65.1 Å². The number of nitrogens with one attached hydrogen (secondary N) is 1. The lowest BCUT2D eigenvalue weighted by molar-refractivity contribution is -0.146. The van der Waals surface area contributed by atoms with Gasteiger partial charge in [0.2, 0.25) is 5.91 Å². The maximum absolute atomic E-state index is 14.1. The van der Waals surface area contributed by atoms with Gasteiger partial charge in [0, 0.05) is 89.5 Å². The average molecular weight is 834 g/mol. The molecule has 6 rings (SSSR count). The van der Waals surface area contributed by atoms with Gasteiger partial charge in [0.15, 0.2) is 6.10 Å². The number of carbonyl (C=O) groups is 5. The molecule has 0 saturated carbocycles. The molecule has 4 aliphatic rings. The van der Waals surface area contributed by atoms with Crippen molar-refractivity contribution in [3.05, 3.63) is 58.1 Å². The van der Waals surface area contributed by atoms with Crippen molar-refractivity contribution in [2.75, 3.05) is 76.6 Å². The first-order chi connectivity index (χ1) is 27.7. The molecule has 316 valence electrons. The highest BCUT2D eigenvalue weighted by Gasteiger charge is 2.38. The number of likely N-dealkylation sites (tertiary alicyclic amines) is 2. The zero-order chi connectivity index (χ0) is 41.6. The quantitative estimate of drug-likeness (QED) is 0.248. The van der Waals surface area contributed by atoms with Crippen molar-refractivity contribution in [1.82, 2.24) is 24.5 Å². The molecule has 3 fully saturated rings. The number of ether oxygens (including phenoxy) is 2. The van der Waals surface area contributed by atoms with Crippen LogP contribution in [0.5, 0.6) is 0 Å². The smallest absolute Gasteiger partial charge is 0.418 e. The molecule has 0 spiro atoms. The first-order valence-electron chi connectivity index (χ1n) is 19.9. The lowest BCUT2D eigenvalue weighted by atomic mass is 10.0. The molecule has 0 bridgehead atoms. The predicted octanol–water partition coefficient (Wildman–Crippen LogP) is 5.02. The largest absolute Gasteiger partial charge is 0.466 e. The van der Waals surface area contributed by atoms with Gasteiger partial charge in [0.1, 0.15) is 0 Å². The van der Waals surface area contributed by atoms with Gasteiger partial charge in [-0.2, -0.15) is 13.2 Å². The molecule has 14 nitrogen and oxygen atoms in total. The van der Waals surface area contributed by atoms with E-state index in [2.05, 4.69) is 10.2 Å². The van der Waals surface area contributed by atoms with E-state index in [0.717, 1.165) is 30.2 Å². The molecule has 5 amide bonds. The normalized spacial score (nSPS) is 19.2. The van der Waals surface area contributed by atoms with Gasteiger partial charge in [0.05, 0.1) is 29.3 Å². The van der Waals surface area contributed by atoms with Gasteiger partial charge in [-0.1, -0.05) is 29.8 Å². The number of halogens is 4. The number of alkyl halides is 3. The lowest BCUT2D eigenvalue weighted by Gasteiger charge is -2.43. The summed E-state index contributed by atoms with van der Waals surface area (Å²) in [6.07, 6.45) is -4.16. The van der Waals surface area contributed by atoms with Crippen LogP contribution >= 0.6 is 11.6 Å². The highest BCUT2D eigenvalue weighted by molar-refractivity contribution is 6.33. The molecular weight excluding hydrogens is 783 g/mol. The summed E-state index contributed by atoms with van der Waals surface area (Å²) in [4.78, 5) is 74.1. The summed E-state index contributed by atoms with van der Waals surface area (Å²) >= 11 is 6.13. The summed E-state index contributed by atoms with van der Waals surface area (Å²) in [7, 11) is 0. The highest BCUT2D eigenvalue weighted by atomic mass is 35.5. The number of anilines is 2. The summed E-state index contributed by atoms with van der Waals surface area (Å²) in [5, 5.41) is 2.65. The number of hydrogen-bond donors (Lipinski definition) is 2. The third-order valence-corrected chi connectivity index (χ3v) is 11.9. The summed E-state index contributed by atoms with van der Waals surface area (Å²) in [5.41, 5.74) is 5.74. The minimum Gasteiger partial charge on any atom is -0.466 e. The summed E-state index contributed by atoms with van der Waals surface area (Å²) < 4.78 is 52.5. The Hall–Kier alpha value is -4.77. The first kappa shape index (κ1) is 42.8. The highest BCUT2D eigenvalue weighted by Crippen LogP contribution is 2.38. The molecule has 1 atom stereocenters. The minimum absolute atomic E-state index is 0.0340. The van der Waals surface area contributed by atoms with E-state index in [1.54, 1.807) is 21.6 Å². The number of fused-ring (bicyclic) bond motifs is 1. The second kappa shape index (κ2) is 18.9. The number of hydrogen-bond acceptors (Lipinski definition) is 9. The summed E-state index contributed by atoms with van der Waals surface area (Å²) in [6.45, 7) is 5.73. The second-order valence-corrected chi connectivity index (χ2v) is 15.5. The van der Waals surface area contributed by atoms with Crippen LogP contribution in [0.2, 0.25) is 5.02 Å². The van der Waals surface area contributed by atoms with Crippen molar-refractivity contribution in [2.45, 2.75) is 82.7 Å². The van der Waals surface area contributed by atoms with E-state index in [1.165, 1.54) is 11.0 Å². The number of nitrogen functional groups attached to an aromatic ring is 1. The van der Waals surface area contributed by atoms with Crippen LogP contribution in [-0.4, -0.2) is 138 Å². The van der Waals surface area contributed by atoms with Crippen LogP contribution in [0.25, 0.3) is 0 Å².